The Hall–Kier alpha value is -3.79. The van der Waals surface area contributed by atoms with E-state index in [-0.39, 0.29) is 29.4 Å². The molecular weight excluding hydrogens is 485 g/mol. The highest BCUT2D eigenvalue weighted by atomic mass is 19.3. The summed E-state index contributed by atoms with van der Waals surface area (Å²) in [4.78, 5) is 24.9. The van der Waals surface area contributed by atoms with Gasteiger partial charge in [-0.05, 0) is 25.3 Å². The van der Waals surface area contributed by atoms with E-state index in [1.807, 2.05) is 0 Å². The second kappa shape index (κ2) is 9.26. The first-order valence-corrected chi connectivity index (χ1v) is 12.2. The van der Waals surface area contributed by atoms with Crippen LogP contribution in [0.4, 0.5) is 13.2 Å². The number of aromatic nitrogens is 4. The van der Waals surface area contributed by atoms with Crippen molar-refractivity contribution in [1.82, 2.24) is 19.4 Å². The van der Waals surface area contributed by atoms with Crippen molar-refractivity contribution in [3.05, 3.63) is 77.5 Å². The molecule has 0 spiro atoms. The second-order valence-electron chi connectivity index (χ2n) is 9.51. The molecule has 0 saturated heterocycles. The number of aliphatic hydroxyl groups is 1. The van der Waals surface area contributed by atoms with E-state index < -0.39 is 24.5 Å². The number of fused-ring (bicyclic) bond motifs is 3. The summed E-state index contributed by atoms with van der Waals surface area (Å²) in [6.07, 6.45) is 6.47. The lowest BCUT2D eigenvalue weighted by Gasteiger charge is -2.19. The minimum atomic E-state index is -2.99. The van der Waals surface area contributed by atoms with Gasteiger partial charge in [-0.1, -0.05) is 18.2 Å². The zero-order chi connectivity index (χ0) is 25.7. The number of carbonyl (C=O) groups is 1. The number of pyridine rings is 1. The third kappa shape index (κ3) is 4.25. The number of ether oxygens (including phenoxy) is 1. The van der Waals surface area contributed by atoms with Crippen LogP contribution in [0.5, 0.6) is 5.75 Å². The molecule has 0 amide bonds. The Morgan fingerprint density at radius 3 is 2.57 bits per heavy atom. The molecule has 1 fully saturated rings. The van der Waals surface area contributed by atoms with E-state index in [4.69, 9.17) is 4.74 Å². The van der Waals surface area contributed by atoms with Gasteiger partial charge in [0.2, 0.25) is 0 Å². The number of imidazole rings is 1. The second-order valence-corrected chi connectivity index (χ2v) is 9.51. The van der Waals surface area contributed by atoms with Crippen LogP contribution in [0.15, 0.2) is 48.9 Å². The minimum Gasteiger partial charge on any atom is -0.435 e. The van der Waals surface area contributed by atoms with Crippen LogP contribution in [-0.4, -0.2) is 36.9 Å². The quantitative estimate of drug-likeness (QED) is 0.392. The fraction of sp³-hybridized carbons (Fsp3) is 0.333. The van der Waals surface area contributed by atoms with Gasteiger partial charge in [0.25, 0.3) is 0 Å². The Morgan fingerprint density at radius 1 is 1.11 bits per heavy atom. The molecule has 2 aliphatic rings. The van der Waals surface area contributed by atoms with Crippen molar-refractivity contribution >= 4 is 11.4 Å². The zero-order valence-electron chi connectivity index (χ0n) is 19.7. The SMILES string of the molecule is O=C1CCC(c2ncc(-c3cn4c5c(nc4cc3F)C(O)CC5c3ccccc3OC(F)F)cn2)CC1. The zero-order valence-corrected chi connectivity index (χ0v) is 19.7. The molecule has 0 radical (unpaired) electrons. The highest BCUT2D eigenvalue weighted by molar-refractivity contribution is 5.79. The number of halogens is 3. The Bertz CT molecular complexity index is 1480. The highest BCUT2D eigenvalue weighted by Gasteiger charge is 2.37. The fourth-order valence-electron chi connectivity index (χ4n) is 5.48. The Balaban J connectivity index is 1.39. The topological polar surface area (TPSA) is 89.6 Å². The largest absolute Gasteiger partial charge is 0.435 e. The van der Waals surface area contributed by atoms with Crippen LogP contribution in [0.1, 0.15) is 72.8 Å². The molecule has 190 valence electrons. The third-order valence-corrected chi connectivity index (χ3v) is 7.28. The normalized spacial score (nSPS) is 20.1. The van der Waals surface area contributed by atoms with Crippen LogP contribution in [0.3, 0.4) is 0 Å². The number of benzene rings is 1. The number of hydrogen-bond donors (Lipinski definition) is 1. The van der Waals surface area contributed by atoms with Crippen LogP contribution in [-0.2, 0) is 4.79 Å². The molecule has 3 heterocycles. The molecule has 3 aromatic heterocycles. The first-order chi connectivity index (χ1) is 17.9. The molecule has 7 nitrogen and oxygen atoms in total. The van der Waals surface area contributed by atoms with E-state index in [0.29, 0.717) is 59.7 Å². The van der Waals surface area contributed by atoms with Crippen molar-refractivity contribution in [3.63, 3.8) is 0 Å². The number of aliphatic hydroxyl groups excluding tert-OH is 1. The van der Waals surface area contributed by atoms with Crippen molar-refractivity contribution in [2.24, 2.45) is 0 Å². The molecule has 2 unspecified atom stereocenters. The number of ketones is 1. The van der Waals surface area contributed by atoms with Crippen LogP contribution >= 0.6 is 0 Å². The van der Waals surface area contributed by atoms with Crippen LogP contribution in [0.25, 0.3) is 16.8 Å². The van der Waals surface area contributed by atoms with Gasteiger partial charge in [0, 0.05) is 66.0 Å². The van der Waals surface area contributed by atoms with Crippen LogP contribution < -0.4 is 4.74 Å². The molecule has 1 aromatic carbocycles. The Morgan fingerprint density at radius 2 is 1.84 bits per heavy atom. The number of hydrogen-bond acceptors (Lipinski definition) is 6. The van der Waals surface area contributed by atoms with Crippen molar-refractivity contribution in [1.29, 1.82) is 0 Å². The van der Waals surface area contributed by atoms with E-state index in [2.05, 4.69) is 15.0 Å². The van der Waals surface area contributed by atoms with Crippen molar-refractivity contribution in [3.8, 4) is 16.9 Å². The van der Waals surface area contributed by atoms with E-state index in [1.165, 1.54) is 12.1 Å². The molecule has 4 aromatic rings. The lowest BCUT2D eigenvalue weighted by Crippen LogP contribution is -2.14. The van der Waals surface area contributed by atoms with Gasteiger partial charge in [-0.25, -0.2) is 19.3 Å². The standard InChI is InChI=1S/C27H23F3N4O3/c28-20-10-23-33-24-21(36)9-18(17-3-1-2-4-22(17)37-27(29)30)25(24)34(23)13-19(20)15-11-31-26(32-12-15)14-5-7-16(35)8-6-14/h1-4,10-14,18,21,27,36H,5-9H2. The Labute approximate surface area is 210 Å². The maximum absolute atomic E-state index is 15.2. The lowest BCUT2D eigenvalue weighted by atomic mass is 9.88. The summed E-state index contributed by atoms with van der Waals surface area (Å²) in [5, 5.41) is 10.7. The summed E-state index contributed by atoms with van der Waals surface area (Å²) in [7, 11) is 0. The van der Waals surface area contributed by atoms with Crippen molar-refractivity contribution in [2.75, 3.05) is 0 Å². The van der Waals surface area contributed by atoms with Gasteiger partial charge in [-0.3, -0.25) is 4.79 Å². The predicted octanol–water partition coefficient (Wildman–Crippen LogP) is 5.33. The predicted molar refractivity (Wildman–Crippen MR) is 127 cm³/mol. The molecule has 1 N–H and O–H groups in total. The minimum absolute atomic E-state index is 0.0215. The van der Waals surface area contributed by atoms with E-state index in [9.17, 15) is 18.7 Å². The average Bonchev–Trinajstić information content (AvgIpc) is 3.41. The summed E-state index contributed by atoms with van der Waals surface area (Å²) in [6, 6.07) is 7.73. The van der Waals surface area contributed by atoms with Gasteiger partial charge < -0.3 is 14.2 Å². The van der Waals surface area contributed by atoms with Crippen LogP contribution in [0.2, 0.25) is 0 Å². The summed E-state index contributed by atoms with van der Waals surface area (Å²) in [6.45, 7) is -2.99. The van der Waals surface area contributed by atoms with Gasteiger partial charge >= 0.3 is 6.61 Å². The summed E-state index contributed by atoms with van der Waals surface area (Å²) < 4.78 is 47.7. The van der Waals surface area contributed by atoms with Gasteiger partial charge in [0.05, 0.1) is 17.5 Å². The number of para-hydroxylation sites is 1. The molecule has 10 heteroatoms. The monoisotopic (exact) mass is 508 g/mol. The van der Waals surface area contributed by atoms with E-state index in [0.717, 1.165) is 0 Å². The smallest absolute Gasteiger partial charge is 0.387 e. The number of carbonyl (C=O) groups excluding carboxylic acids is 1. The summed E-state index contributed by atoms with van der Waals surface area (Å²) in [5.41, 5.74) is 2.48. The molecule has 6 rings (SSSR count). The van der Waals surface area contributed by atoms with Gasteiger partial charge in [0.15, 0.2) is 0 Å². The summed E-state index contributed by atoms with van der Waals surface area (Å²) >= 11 is 0. The Kier molecular flexibility index (Phi) is 5.91. The van der Waals surface area contributed by atoms with Gasteiger partial charge in [-0.2, -0.15) is 8.78 Å². The van der Waals surface area contributed by atoms with Gasteiger partial charge in [0.1, 0.15) is 28.8 Å². The maximum atomic E-state index is 15.2. The molecule has 0 bridgehead atoms. The number of rotatable bonds is 5. The molecule has 37 heavy (non-hydrogen) atoms. The molecule has 2 atom stereocenters. The maximum Gasteiger partial charge on any atom is 0.387 e. The van der Waals surface area contributed by atoms with Gasteiger partial charge in [-0.15, -0.1) is 0 Å². The van der Waals surface area contributed by atoms with E-state index in [1.54, 1.807) is 41.2 Å². The fourth-order valence-corrected chi connectivity index (χ4v) is 5.48. The molecule has 2 aliphatic carbocycles. The third-order valence-electron chi connectivity index (χ3n) is 7.28. The number of nitrogens with zero attached hydrogens (tertiary/aromatic N) is 4. The van der Waals surface area contributed by atoms with Crippen LogP contribution in [0, 0.1) is 5.82 Å². The van der Waals surface area contributed by atoms with Crippen molar-refractivity contribution < 1.29 is 27.8 Å². The molecular formula is C27H23F3N4O3. The number of alkyl halides is 2. The lowest BCUT2D eigenvalue weighted by molar-refractivity contribution is -0.120. The first kappa shape index (κ1) is 23.6. The van der Waals surface area contributed by atoms with Crippen molar-refractivity contribution in [2.45, 2.75) is 56.7 Å². The van der Waals surface area contributed by atoms with E-state index >= 15 is 4.39 Å². The first-order valence-electron chi connectivity index (χ1n) is 12.2. The molecule has 1 saturated carbocycles. The highest BCUT2D eigenvalue weighted by Crippen LogP contribution is 2.47. The summed E-state index contributed by atoms with van der Waals surface area (Å²) in [5.74, 6) is 0.00849. The average molecular weight is 509 g/mol. The molecule has 0 aliphatic heterocycles. The number of Topliss-reactive ketones (excluding diaryl/α,β-unsaturated/α-hetero) is 1.